The zero-order valence-corrected chi connectivity index (χ0v) is 15.3. The fourth-order valence-corrected chi connectivity index (χ4v) is 3.45. The molecule has 0 spiro atoms. The van der Waals surface area contributed by atoms with Gasteiger partial charge in [-0.05, 0) is 24.3 Å². The van der Waals surface area contributed by atoms with E-state index in [2.05, 4.69) is 27.0 Å². The van der Waals surface area contributed by atoms with Crippen molar-refractivity contribution in [2.45, 2.75) is 0 Å². The van der Waals surface area contributed by atoms with Crippen LogP contribution in [0.1, 0.15) is 10.6 Å². The average molecular weight is 397 g/mol. The van der Waals surface area contributed by atoms with Gasteiger partial charge >= 0.3 is 0 Å². The fraction of sp³-hybridized carbons (Fsp3) is 0.0526. The van der Waals surface area contributed by atoms with E-state index in [9.17, 15) is 5.26 Å². The third-order valence-electron chi connectivity index (χ3n) is 3.41. The molecule has 0 N–H and O–H groups in total. The highest BCUT2D eigenvalue weighted by molar-refractivity contribution is 9.10. The second kappa shape index (κ2) is 7.43. The quantitative estimate of drug-likeness (QED) is 0.535. The summed E-state index contributed by atoms with van der Waals surface area (Å²) in [4.78, 5) is 4.61. The molecule has 2 aromatic carbocycles. The lowest BCUT2D eigenvalue weighted by Gasteiger charge is -2.04. The molecule has 0 aliphatic heterocycles. The van der Waals surface area contributed by atoms with E-state index in [0.717, 1.165) is 27.0 Å². The van der Waals surface area contributed by atoms with Crippen molar-refractivity contribution in [1.29, 1.82) is 5.26 Å². The Morgan fingerprint density at radius 2 is 2.08 bits per heavy atom. The minimum absolute atomic E-state index is 0.519. The first-order valence-corrected chi connectivity index (χ1v) is 8.85. The van der Waals surface area contributed by atoms with Crippen LogP contribution in [0, 0.1) is 11.3 Å². The number of nitriles is 1. The number of aromatic nitrogens is 1. The molecular weight excluding hydrogens is 384 g/mol. The SMILES string of the molecule is COc1ccccc1/C=C(\C#N)c1nc(-c2cccc(Br)c2)cs1. The van der Waals surface area contributed by atoms with Crippen LogP contribution in [-0.4, -0.2) is 12.1 Å². The molecule has 118 valence electrons. The van der Waals surface area contributed by atoms with Crippen molar-refractivity contribution in [3.8, 4) is 23.1 Å². The first-order valence-electron chi connectivity index (χ1n) is 7.18. The van der Waals surface area contributed by atoms with E-state index >= 15 is 0 Å². The van der Waals surface area contributed by atoms with Crippen LogP contribution < -0.4 is 4.74 Å². The van der Waals surface area contributed by atoms with Gasteiger partial charge in [-0.3, -0.25) is 0 Å². The second-order valence-electron chi connectivity index (χ2n) is 4.96. The molecular formula is C19H13BrN2OS. The lowest BCUT2D eigenvalue weighted by atomic mass is 10.1. The fourth-order valence-electron chi connectivity index (χ4n) is 2.26. The number of nitrogens with zero attached hydrogens (tertiary/aromatic N) is 2. The number of para-hydroxylation sites is 1. The molecule has 1 aromatic heterocycles. The van der Waals surface area contributed by atoms with E-state index in [1.807, 2.05) is 60.0 Å². The number of hydrogen-bond donors (Lipinski definition) is 0. The van der Waals surface area contributed by atoms with Crippen LogP contribution in [0.4, 0.5) is 0 Å². The van der Waals surface area contributed by atoms with Crippen molar-refractivity contribution in [1.82, 2.24) is 4.98 Å². The van der Waals surface area contributed by atoms with E-state index in [0.29, 0.717) is 10.6 Å². The van der Waals surface area contributed by atoms with Gasteiger partial charge in [0.15, 0.2) is 0 Å². The Hall–Kier alpha value is -2.42. The highest BCUT2D eigenvalue weighted by atomic mass is 79.9. The summed E-state index contributed by atoms with van der Waals surface area (Å²) in [6.45, 7) is 0. The number of allylic oxidation sites excluding steroid dienone is 1. The summed E-state index contributed by atoms with van der Waals surface area (Å²) in [5.74, 6) is 0.731. The molecule has 0 radical (unpaired) electrons. The van der Waals surface area contributed by atoms with Crippen molar-refractivity contribution >= 4 is 38.9 Å². The number of halogens is 1. The summed E-state index contributed by atoms with van der Waals surface area (Å²) in [5, 5.41) is 12.2. The maximum Gasteiger partial charge on any atom is 0.134 e. The summed E-state index contributed by atoms with van der Waals surface area (Å²) in [7, 11) is 1.62. The molecule has 0 fully saturated rings. The molecule has 0 saturated carbocycles. The third kappa shape index (κ3) is 3.56. The Bertz CT molecular complexity index is 940. The number of benzene rings is 2. The van der Waals surface area contributed by atoms with E-state index in [1.54, 1.807) is 7.11 Å². The maximum atomic E-state index is 9.53. The highest BCUT2D eigenvalue weighted by Crippen LogP contribution is 2.30. The summed E-state index contributed by atoms with van der Waals surface area (Å²) >= 11 is 4.92. The monoisotopic (exact) mass is 396 g/mol. The van der Waals surface area contributed by atoms with Gasteiger partial charge in [-0.25, -0.2) is 4.98 Å². The summed E-state index contributed by atoms with van der Waals surface area (Å²) in [6, 6.07) is 17.8. The zero-order chi connectivity index (χ0) is 16.9. The zero-order valence-electron chi connectivity index (χ0n) is 12.9. The minimum Gasteiger partial charge on any atom is -0.496 e. The van der Waals surface area contributed by atoms with Crippen LogP contribution in [0.2, 0.25) is 0 Å². The average Bonchev–Trinajstić information content (AvgIpc) is 3.10. The molecule has 24 heavy (non-hydrogen) atoms. The Kier molecular flexibility index (Phi) is 5.09. The van der Waals surface area contributed by atoms with Crippen LogP contribution in [0.5, 0.6) is 5.75 Å². The van der Waals surface area contributed by atoms with Gasteiger partial charge in [0.1, 0.15) is 16.8 Å². The number of thiazole rings is 1. The lowest BCUT2D eigenvalue weighted by Crippen LogP contribution is -1.87. The van der Waals surface area contributed by atoms with E-state index in [-0.39, 0.29) is 0 Å². The minimum atomic E-state index is 0.519. The van der Waals surface area contributed by atoms with Gasteiger partial charge in [0.25, 0.3) is 0 Å². The predicted molar refractivity (Wildman–Crippen MR) is 102 cm³/mol. The Labute approximate surface area is 153 Å². The van der Waals surface area contributed by atoms with Crippen molar-refractivity contribution in [2.75, 3.05) is 7.11 Å². The molecule has 1 heterocycles. The summed E-state index contributed by atoms with van der Waals surface area (Å²) < 4.78 is 6.34. The van der Waals surface area contributed by atoms with E-state index in [4.69, 9.17) is 4.74 Å². The first kappa shape index (κ1) is 16.4. The van der Waals surface area contributed by atoms with Gasteiger partial charge in [0.2, 0.25) is 0 Å². The Balaban J connectivity index is 1.98. The Morgan fingerprint density at radius 3 is 2.83 bits per heavy atom. The summed E-state index contributed by atoms with van der Waals surface area (Å²) in [6.07, 6.45) is 1.81. The van der Waals surface area contributed by atoms with Crippen molar-refractivity contribution in [3.63, 3.8) is 0 Å². The number of methoxy groups -OCH3 is 1. The smallest absolute Gasteiger partial charge is 0.134 e. The van der Waals surface area contributed by atoms with Gasteiger partial charge in [-0.2, -0.15) is 5.26 Å². The molecule has 3 aromatic rings. The molecule has 0 aliphatic rings. The van der Waals surface area contributed by atoms with Crippen molar-refractivity contribution in [2.24, 2.45) is 0 Å². The predicted octanol–water partition coefficient (Wildman–Crippen LogP) is 5.65. The molecule has 0 atom stereocenters. The van der Waals surface area contributed by atoms with Crippen molar-refractivity contribution < 1.29 is 4.74 Å². The van der Waals surface area contributed by atoms with Crippen LogP contribution in [0.15, 0.2) is 58.4 Å². The second-order valence-corrected chi connectivity index (χ2v) is 6.73. The molecule has 3 rings (SSSR count). The number of rotatable bonds is 4. The molecule has 0 saturated heterocycles. The van der Waals surface area contributed by atoms with E-state index in [1.165, 1.54) is 11.3 Å². The number of hydrogen-bond acceptors (Lipinski definition) is 4. The number of ether oxygens (including phenoxy) is 1. The van der Waals surface area contributed by atoms with Crippen molar-refractivity contribution in [3.05, 3.63) is 69.0 Å². The van der Waals surface area contributed by atoms with Crippen LogP contribution in [0.3, 0.4) is 0 Å². The van der Waals surface area contributed by atoms with Gasteiger partial charge < -0.3 is 4.74 Å². The molecule has 0 unspecified atom stereocenters. The van der Waals surface area contributed by atoms with Crippen LogP contribution in [0.25, 0.3) is 22.9 Å². The molecule has 5 heteroatoms. The normalized spacial score (nSPS) is 11.1. The topological polar surface area (TPSA) is 45.9 Å². The summed E-state index contributed by atoms with van der Waals surface area (Å²) in [5.41, 5.74) is 3.25. The lowest BCUT2D eigenvalue weighted by molar-refractivity contribution is 0.414. The van der Waals surface area contributed by atoms with Crippen LogP contribution in [-0.2, 0) is 0 Å². The van der Waals surface area contributed by atoms with Crippen LogP contribution >= 0.6 is 27.3 Å². The molecule has 0 bridgehead atoms. The van der Waals surface area contributed by atoms with Gasteiger partial charge in [0.05, 0.1) is 18.4 Å². The Morgan fingerprint density at radius 1 is 1.25 bits per heavy atom. The molecule has 0 aliphatic carbocycles. The molecule has 0 amide bonds. The molecule has 3 nitrogen and oxygen atoms in total. The standard InChI is InChI=1S/C19H13BrN2OS/c1-23-18-8-3-2-5-14(18)9-15(11-21)19-22-17(12-24-19)13-6-4-7-16(20)10-13/h2-10,12H,1H3/b15-9+. The highest BCUT2D eigenvalue weighted by Gasteiger charge is 2.10. The van der Waals surface area contributed by atoms with E-state index < -0.39 is 0 Å². The van der Waals surface area contributed by atoms with Gasteiger partial charge in [-0.1, -0.05) is 46.3 Å². The largest absolute Gasteiger partial charge is 0.496 e. The maximum absolute atomic E-state index is 9.53. The third-order valence-corrected chi connectivity index (χ3v) is 4.78. The van der Waals surface area contributed by atoms with Gasteiger partial charge in [-0.15, -0.1) is 11.3 Å². The van der Waals surface area contributed by atoms with Gasteiger partial charge in [0, 0.05) is 21.0 Å². The first-order chi connectivity index (χ1) is 11.7.